The maximum atomic E-state index is 12.7. The van der Waals surface area contributed by atoms with Gasteiger partial charge in [-0.25, -0.2) is 0 Å². The zero-order valence-corrected chi connectivity index (χ0v) is 16.2. The van der Waals surface area contributed by atoms with Crippen molar-refractivity contribution in [2.75, 3.05) is 13.2 Å². The molecule has 1 aromatic rings. The minimum atomic E-state index is -1.68. The Balaban J connectivity index is 1.91. The molecule has 1 saturated heterocycles. The summed E-state index contributed by atoms with van der Waals surface area (Å²) in [6, 6.07) is 10.2. The minimum Gasteiger partial charge on any atom is -0.353 e. The molecule has 1 aliphatic heterocycles. The van der Waals surface area contributed by atoms with E-state index < -0.39 is 8.07 Å². The largest absolute Gasteiger partial charge is 0.353 e. The van der Waals surface area contributed by atoms with Crippen molar-refractivity contribution in [2.24, 2.45) is 0 Å². The summed E-state index contributed by atoms with van der Waals surface area (Å²) in [6.07, 6.45) is 6.51. The van der Waals surface area contributed by atoms with Crippen LogP contribution in [0.2, 0.25) is 19.6 Å². The molecule has 4 heteroatoms. The second-order valence-corrected chi connectivity index (χ2v) is 12.4. The van der Waals surface area contributed by atoms with Crippen molar-refractivity contribution in [3.63, 3.8) is 0 Å². The lowest BCUT2D eigenvalue weighted by Crippen LogP contribution is -2.30. The molecule has 0 aliphatic carbocycles. The van der Waals surface area contributed by atoms with Gasteiger partial charge in [0, 0.05) is 13.0 Å². The number of rotatable bonds is 8. The van der Waals surface area contributed by atoms with Crippen LogP contribution in [0.15, 0.2) is 41.6 Å². The number of aryl methyl sites for hydroxylation is 1. The fraction of sp³-hybridized carbons (Fsp3) is 0.550. The van der Waals surface area contributed by atoms with Crippen LogP contribution >= 0.6 is 0 Å². The molecule has 132 valence electrons. The fourth-order valence-corrected chi connectivity index (χ4v) is 4.61. The quantitative estimate of drug-likeness (QED) is 0.512. The van der Waals surface area contributed by atoms with E-state index in [1.165, 1.54) is 5.56 Å². The van der Waals surface area contributed by atoms with Crippen molar-refractivity contribution in [1.82, 2.24) is 0 Å². The Kier molecular flexibility index (Phi) is 7.40. The van der Waals surface area contributed by atoms with Crippen LogP contribution in [-0.2, 0) is 20.7 Å². The number of carbonyl (C=O) groups excluding carboxylic acids is 1. The van der Waals surface area contributed by atoms with Gasteiger partial charge in [0.05, 0.1) is 14.7 Å². The van der Waals surface area contributed by atoms with Gasteiger partial charge in [-0.2, -0.15) is 0 Å². The van der Waals surface area contributed by atoms with Crippen LogP contribution in [0.3, 0.4) is 0 Å². The molecule has 1 unspecified atom stereocenters. The topological polar surface area (TPSA) is 35.5 Å². The first kappa shape index (κ1) is 19.1. The van der Waals surface area contributed by atoms with Crippen LogP contribution in [0.4, 0.5) is 0 Å². The van der Waals surface area contributed by atoms with Crippen LogP contribution in [0.25, 0.3) is 0 Å². The lowest BCUT2D eigenvalue weighted by molar-refractivity contribution is -0.155. The van der Waals surface area contributed by atoms with E-state index in [-0.39, 0.29) is 12.1 Å². The van der Waals surface area contributed by atoms with Gasteiger partial charge in [0.1, 0.15) is 0 Å². The summed E-state index contributed by atoms with van der Waals surface area (Å²) >= 11 is 0. The van der Waals surface area contributed by atoms with E-state index in [2.05, 4.69) is 31.8 Å². The minimum absolute atomic E-state index is 0.0997. The molecule has 0 radical (unpaired) electrons. The lowest BCUT2D eigenvalue weighted by atomic mass is 10.1. The van der Waals surface area contributed by atoms with Gasteiger partial charge in [-0.3, -0.25) is 4.79 Å². The highest BCUT2D eigenvalue weighted by molar-refractivity contribution is 6.87. The highest BCUT2D eigenvalue weighted by atomic mass is 28.3. The van der Waals surface area contributed by atoms with Crippen LogP contribution < -0.4 is 0 Å². The average Bonchev–Trinajstić information content (AvgIpc) is 2.57. The summed E-state index contributed by atoms with van der Waals surface area (Å²) < 4.78 is 11.4. The molecule has 2 rings (SSSR count). The second kappa shape index (κ2) is 9.30. The van der Waals surface area contributed by atoms with Crippen LogP contribution in [-0.4, -0.2) is 33.4 Å². The number of benzene rings is 1. The summed E-state index contributed by atoms with van der Waals surface area (Å²) in [6.45, 7) is 7.91. The van der Waals surface area contributed by atoms with E-state index >= 15 is 0 Å². The number of Topliss-reactive ketones (excluding diaryl/α,β-unsaturated/α-hetero) is 1. The van der Waals surface area contributed by atoms with Crippen molar-refractivity contribution in [2.45, 2.75) is 58.0 Å². The number of ketones is 1. The normalized spacial score (nSPS) is 19.3. The van der Waals surface area contributed by atoms with Gasteiger partial charge in [-0.1, -0.05) is 56.0 Å². The summed E-state index contributed by atoms with van der Waals surface area (Å²) in [5.74, 6) is 0.270. The SMILES string of the molecule is C[Si](C)(C)/C(=C\COC1CCCCO1)C(=O)CCc1ccccc1. The Morgan fingerprint density at radius 3 is 2.62 bits per heavy atom. The Morgan fingerprint density at radius 1 is 1.25 bits per heavy atom. The van der Waals surface area contributed by atoms with Crippen LogP contribution in [0.1, 0.15) is 31.2 Å². The van der Waals surface area contributed by atoms with E-state index in [1.807, 2.05) is 24.3 Å². The highest BCUT2D eigenvalue weighted by Crippen LogP contribution is 2.19. The summed E-state index contributed by atoms with van der Waals surface area (Å²) in [7, 11) is -1.68. The predicted octanol–water partition coefficient (Wildman–Crippen LogP) is 4.54. The molecule has 0 spiro atoms. The molecule has 1 atom stereocenters. The monoisotopic (exact) mass is 346 g/mol. The highest BCUT2D eigenvalue weighted by Gasteiger charge is 2.25. The number of ether oxygens (including phenoxy) is 2. The van der Waals surface area contributed by atoms with Crippen LogP contribution in [0, 0.1) is 0 Å². The number of hydrogen-bond acceptors (Lipinski definition) is 3. The van der Waals surface area contributed by atoms with Crippen molar-refractivity contribution in [3.8, 4) is 0 Å². The molecule has 3 nitrogen and oxygen atoms in total. The summed E-state index contributed by atoms with van der Waals surface area (Å²) in [5, 5.41) is 0.995. The zero-order chi connectivity index (χ0) is 17.4. The van der Waals surface area contributed by atoms with E-state index in [4.69, 9.17) is 9.47 Å². The Labute approximate surface area is 147 Å². The first-order chi connectivity index (χ1) is 11.5. The van der Waals surface area contributed by atoms with Gasteiger partial charge in [0.25, 0.3) is 0 Å². The van der Waals surface area contributed by atoms with Crippen molar-refractivity contribution >= 4 is 13.9 Å². The van der Waals surface area contributed by atoms with E-state index in [0.29, 0.717) is 13.0 Å². The fourth-order valence-electron chi connectivity index (χ4n) is 2.96. The maximum absolute atomic E-state index is 12.7. The third kappa shape index (κ3) is 6.34. The summed E-state index contributed by atoms with van der Waals surface area (Å²) in [5.41, 5.74) is 1.22. The second-order valence-electron chi connectivity index (χ2n) is 7.41. The number of hydrogen-bond donors (Lipinski definition) is 0. The number of carbonyl (C=O) groups is 1. The standard InChI is InChI=1S/C20H30O3Si/c1-24(2,3)19(14-16-23-20-11-7-8-15-22-20)18(21)13-12-17-9-5-4-6-10-17/h4-6,9-10,14,20H,7-8,11-13,15-16H2,1-3H3/b19-14-. The first-order valence-corrected chi connectivity index (χ1v) is 12.5. The molecule has 1 aromatic carbocycles. The van der Waals surface area contributed by atoms with Gasteiger partial charge < -0.3 is 9.47 Å². The zero-order valence-electron chi connectivity index (χ0n) is 15.2. The molecule has 0 amide bonds. The molecule has 24 heavy (non-hydrogen) atoms. The van der Waals surface area contributed by atoms with Gasteiger partial charge in [0.15, 0.2) is 12.1 Å². The van der Waals surface area contributed by atoms with Gasteiger partial charge >= 0.3 is 0 Å². The van der Waals surface area contributed by atoms with Gasteiger partial charge in [-0.15, -0.1) is 0 Å². The third-order valence-corrected chi connectivity index (χ3v) is 6.40. The number of allylic oxidation sites excluding steroid dienone is 1. The van der Waals surface area contributed by atoms with Crippen molar-refractivity contribution in [3.05, 3.63) is 47.2 Å². The molecule has 1 aliphatic rings. The molecule has 0 saturated carbocycles. The molecular formula is C20H30O3Si. The predicted molar refractivity (Wildman–Crippen MR) is 101 cm³/mol. The Hall–Kier alpha value is -1.23. The molecule has 1 fully saturated rings. The Morgan fingerprint density at radius 2 is 2.00 bits per heavy atom. The third-order valence-electron chi connectivity index (χ3n) is 4.30. The maximum Gasteiger partial charge on any atom is 0.157 e. The smallest absolute Gasteiger partial charge is 0.157 e. The molecule has 0 bridgehead atoms. The first-order valence-electron chi connectivity index (χ1n) is 8.98. The average molecular weight is 347 g/mol. The van der Waals surface area contributed by atoms with E-state index in [1.54, 1.807) is 0 Å². The molecule has 0 N–H and O–H groups in total. The van der Waals surface area contributed by atoms with E-state index in [0.717, 1.165) is 37.5 Å². The van der Waals surface area contributed by atoms with Crippen LogP contribution in [0.5, 0.6) is 0 Å². The van der Waals surface area contributed by atoms with Crippen molar-refractivity contribution in [1.29, 1.82) is 0 Å². The molecule has 1 heterocycles. The lowest BCUT2D eigenvalue weighted by Gasteiger charge is -2.23. The Bertz CT molecular complexity index is 540. The van der Waals surface area contributed by atoms with Crippen molar-refractivity contribution < 1.29 is 14.3 Å². The molecular weight excluding hydrogens is 316 g/mol. The molecule has 0 aromatic heterocycles. The van der Waals surface area contributed by atoms with E-state index in [9.17, 15) is 4.79 Å². The van der Waals surface area contributed by atoms with Gasteiger partial charge in [0.2, 0.25) is 0 Å². The van der Waals surface area contributed by atoms with Gasteiger partial charge in [-0.05, 0) is 36.4 Å². The summed E-state index contributed by atoms with van der Waals surface area (Å²) in [4.78, 5) is 12.7.